The zero-order chi connectivity index (χ0) is 46.0. The van der Waals surface area contributed by atoms with Crippen molar-refractivity contribution in [2.75, 3.05) is 20.3 Å². The molecule has 0 saturated heterocycles. The summed E-state index contributed by atoms with van der Waals surface area (Å²) in [4.78, 5) is 43.8. The number of aliphatic hydroxyl groups is 1. The number of benzene rings is 4. The highest BCUT2D eigenvalue weighted by Crippen LogP contribution is 2.53. The first kappa shape index (κ1) is 45.6. The van der Waals surface area contributed by atoms with Gasteiger partial charge in [-0.2, -0.15) is 0 Å². The van der Waals surface area contributed by atoms with E-state index in [1.54, 1.807) is 13.2 Å². The van der Waals surface area contributed by atoms with E-state index < -0.39 is 41.3 Å². The average molecular weight is 893 g/mol. The van der Waals surface area contributed by atoms with Gasteiger partial charge in [-0.05, 0) is 142 Å². The van der Waals surface area contributed by atoms with E-state index >= 15 is 4.79 Å². The summed E-state index contributed by atoms with van der Waals surface area (Å²) in [7, 11) is 1.56. The van der Waals surface area contributed by atoms with Crippen molar-refractivity contribution in [2.45, 2.75) is 133 Å². The summed E-state index contributed by atoms with van der Waals surface area (Å²) in [5.41, 5.74) is 6.93. The molecule has 2 aliphatic carbocycles. The Kier molecular flexibility index (Phi) is 13.7. The van der Waals surface area contributed by atoms with E-state index in [1.165, 1.54) is 22.3 Å². The van der Waals surface area contributed by atoms with Crippen molar-refractivity contribution in [3.05, 3.63) is 158 Å². The summed E-state index contributed by atoms with van der Waals surface area (Å²) in [5.74, 6) is -0.485. The molecule has 0 spiro atoms. The smallest absolute Gasteiger partial charge is 0.339 e. The van der Waals surface area contributed by atoms with Crippen molar-refractivity contribution >= 4 is 22.9 Å². The fraction of sp³-hybridized carbons (Fsp3) is 0.456. The minimum Gasteiger partial charge on any atom is -0.483 e. The van der Waals surface area contributed by atoms with Gasteiger partial charge in [-0.15, -0.1) is 0 Å². The molecule has 3 aliphatic heterocycles. The fourth-order valence-electron chi connectivity index (χ4n) is 11.8. The molecule has 7 atom stereocenters. The average Bonchev–Trinajstić information content (AvgIpc) is 3.87. The molecule has 10 rings (SSSR count). The molecule has 1 aromatic heterocycles. The van der Waals surface area contributed by atoms with Crippen LogP contribution < -0.4 is 10.4 Å². The summed E-state index contributed by atoms with van der Waals surface area (Å²) in [6, 6.07) is 33.7. The topological polar surface area (TPSA) is 122 Å². The molecule has 0 radical (unpaired) electrons. The van der Waals surface area contributed by atoms with Gasteiger partial charge in [0.25, 0.3) is 0 Å². The van der Waals surface area contributed by atoms with Gasteiger partial charge in [-0.1, -0.05) is 97.3 Å². The Morgan fingerprint density at radius 2 is 1.61 bits per heavy atom. The van der Waals surface area contributed by atoms with Crippen LogP contribution in [-0.2, 0) is 36.6 Å². The van der Waals surface area contributed by atoms with Gasteiger partial charge >= 0.3 is 17.6 Å². The molecule has 346 valence electrons. The second kappa shape index (κ2) is 19.8. The van der Waals surface area contributed by atoms with Gasteiger partial charge in [0.05, 0.1) is 12.2 Å². The largest absolute Gasteiger partial charge is 0.483 e. The van der Waals surface area contributed by atoms with E-state index in [0.717, 1.165) is 62.5 Å². The van der Waals surface area contributed by atoms with Crippen LogP contribution in [0.5, 0.6) is 5.75 Å². The van der Waals surface area contributed by atoms with Crippen LogP contribution in [-0.4, -0.2) is 49.1 Å². The maximum atomic E-state index is 15.1. The van der Waals surface area contributed by atoms with E-state index in [0.29, 0.717) is 47.1 Å². The van der Waals surface area contributed by atoms with Crippen molar-refractivity contribution in [1.82, 2.24) is 0 Å². The number of esters is 2. The van der Waals surface area contributed by atoms with E-state index in [1.807, 2.05) is 39.0 Å². The van der Waals surface area contributed by atoms with Crippen LogP contribution in [0.3, 0.4) is 0 Å². The summed E-state index contributed by atoms with van der Waals surface area (Å²) >= 11 is 0. The molecule has 2 bridgehead atoms. The first-order valence-corrected chi connectivity index (χ1v) is 24.2. The van der Waals surface area contributed by atoms with Crippen LogP contribution >= 0.6 is 0 Å². The molecule has 2 fully saturated rings. The molecule has 5 aliphatic rings. The highest BCUT2D eigenvalue weighted by Gasteiger charge is 2.57. The Morgan fingerprint density at radius 1 is 0.833 bits per heavy atom. The Morgan fingerprint density at radius 3 is 2.35 bits per heavy atom. The SMILES string of the molecule is COC[C@@H](CCO)c1cc2ccc3c(c2oc1=O)[C@H]1OC(=O)C[C@@H]2C[C@H](c4cccc(Cc5ccccc5)c4)CC[C@H]2c2ccc(cc2)CCC(=C(C)C)C(=O)O[C@@H]1[C@](C)(C1CCCC1)O3. The second-order valence-corrected chi connectivity index (χ2v) is 19.8. The van der Waals surface area contributed by atoms with Crippen LogP contribution in [0.1, 0.15) is 148 Å². The van der Waals surface area contributed by atoms with Gasteiger partial charge in [-0.3, -0.25) is 4.79 Å². The van der Waals surface area contributed by atoms with E-state index in [2.05, 4.69) is 72.8 Å². The van der Waals surface area contributed by atoms with E-state index in [4.69, 9.17) is 23.4 Å². The lowest BCUT2D eigenvalue weighted by atomic mass is 9.68. The highest BCUT2D eigenvalue weighted by atomic mass is 16.6. The number of allylic oxidation sites excluding steroid dienone is 1. The van der Waals surface area contributed by atoms with Gasteiger partial charge in [-0.25, -0.2) is 9.59 Å². The number of carbonyl (C=O) groups is 2. The zero-order valence-electron chi connectivity index (χ0n) is 38.9. The number of aryl methyl sites for hydroxylation is 1. The first-order valence-electron chi connectivity index (χ1n) is 24.2. The number of hydrogen-bond donors (Lipinski definition) is 1. The molecule has 1 N–H and O–H groups in total. The predicted molar refractivity (Wildman–Crippen MR) is 255 cm³/mol. The van der Waals surface area contributed by atoms with Crippen LogP contribution in [0.25, 0.3) is 11.0 Å². The van der Waals surface area contributed by atoms with Crippen LogP contribution in [0.15, 0.2) is 117 Å². The molecule has 0 amide bonds. The standard InChI is InChI=1S/C57H64O9/c1-35(2)46-24-19-36-17-20-39(21-18-36)47-25-22-41(40-14-10-13-38(30-40)29-37-11-6-5-7-12-37)31-44(47)33-50(59)63-53-51-49(66-57(3,45-15-8-9-16-45)54(53)65-55(46)60)26-23-42-32-48(56(61)64-52(42)51)43(27-28-58)34-62-4/h5-7,10-14,17-18,20-21,23,26,30,32,41,43-45,47,53-54,58H,8-9,15-16,19,22,24-25,27-29,31,33-34H2,1-4H3/t41-,43-,44+,47+,53-,54+,57+/m1/s1. The normalized spacial score (nSPS) is 25.3. The van der Waals surface area contributed by atoms with Gasteiger partial charge in [0.2, 0.25) is 0 Å². The minimum absolute atomic E-state index is 0.00266. The van der Waals surface area contributed by atoms with Crippen molar-refractivity contribution in [1.29, 1.82) is 0 Å². The fourth-order valence-corrected chi connectivity index (χ4v) is 11.8. The van der Waals surface area contributed by atoms with Crippen molar-refractivity contribution in [3.63, 3.8) is 0 Å². The third kappa shape index (κ3) is 9.39. The predicted octanol–water partition coefficient (Wildman–Crippen LogP) is 11.4. The van der Waals surface area contributed by atoms with Crippen molar-refractivity contribution in [3.8, 4) is 5.75 Å². The lowest BCUT2D eigenvalue weighted by molar-refractivity contribution is -0.199. The van der Waals surface area contributed by atoms with Gasteiger partial charge in [0.15, 0.2) is 12.2 Å². The summed E-state index contributed by atoms with van der Waals surface area (Å²) < 4.78 is 32.4. The van der Waals surface area contributed by atoms with Gasteiger partial charge < -0.3 is 28.5 Å². The molecule has 4 aromatic carbocycles. The third-order valence-corrected chi connectivity index (χ3v) is 15.3. The monoisotopic (exact) mass is 892 g/mol. The molecule has 5 aromatic rings. The lowest BCUT2D eigenvalue weighted by Crippen LogP contribution is -2.58. The van der Waals surface area contributed by atoms with Crippen molar-refractivity contribution < 1.29 is 38.1 Å². The molecular formula is C57H64O9. The number of aliphatic hydroxyl groups excluding tert-OH is 1. The molecule has 4 heterocycles. The first-order chi connectivity index (χ1) is 32.0. The van der Waals surface area contributed by atoms with E-state index in [-0.39, 0.29) is 48.9 Å². The van der Waals surface area contributed by atoms with E-state index in [9.17, 15) is 14.7 Å². The molecular weight excluding hydrogens is 829 g/mol. The maximum Gasteiger partial charge on any atom is 0.339 e. The quantitative estimate of drug-likeness (QED) is 0.0875. The number of fused-ring (bicyclic) bond motifs is 11. The lowest BCUT2D eigenvalue weighted by Gasteiger charge is -2.48. The second-order valence-electron chi connectivity index (χ2n) is 19.8. The molecule has 9 heteroatoms. The van der Waals surface area contributed by atoms with Gasteiger partial charge in [0.1, 0.15) is 16.9 Å². The molecule has 2 saturated carbocycles. The number of carbonyl (C=O) groups excluding carboxylic acids is 2. The minimum atomic E-state index is -1.14. The zero-order valence-corrected chi connectivity index (χ0v) is 38.9. The van der Waals surface area contributed by atoms with Crippen LogP contribution in [0.2, 0.25) is 0 Å². The Hall–Kier alpha value is -5.51. The number of methoxy groups -OCH3 is 1. The number of hydrogen-bond acceptors (Lipinski definition) is 9. The highest BCUT2D eigenvalue weighted by molar-refractivity contribution is 5.90. The van der Waals surface area contributed by atoms with Crippen molar-refractivity contribution in [2.24, 2.45) is 11.8 Å². The molecule has 9 nitrogen and oxygen atoms in total. The summed E-state index contributed by atoms with van der Waals surface area (Å²) in [5, 5.41) is 10.5. The molecule has 0 unspecified atom stereocenters. The Balaban J connectivity index is 1.14. The third-order valence-electron chi connectivity index (χ3n) is 15.3. The Labute approximate surface area is 388 Å². The summed E-state index contributed by atoms with van der Waals surface area (Å²) in [6.45, 7) is 5.95. The van der Waals surface area contributed by atoms with Gasteiger partial charge in [0, 0.05) is 48.5 Å². The van der Waals surface area contributed by atoms with Crippen LogP contribution in [0, 0.1) is 11.8 Å². The maximum absolute atomic E-state index is 15.1. The van der Waals surface area contributed by atoms with Crippen LogP contribution in [0.4, 0.5) is 0 Å². The summed E-state index contributed by atoms with van der Waals surface area (Å²) in [6.07, 6.45) is 6.71. The number of ether oxygens (including phenoxy) is 4. The molecule has 66 heavy (non-hydrogen) atoms. The Bertz CT molecular complexity index is 2610. The number of rotatable bonds is 9.